The van der Waals surface area contributed by atoms with E-state index >= 15 is 0 Å². The summed E-state index contributed by atoms with van der Waals surface area (Å²) in [6, 6.07) is 5.95. The summed E-state index contributed by atoms with van der Waals surface area (Å²) in [6.07, 6.45) is 1.97. The number of aromatic nitrogens is 2. The second kappa shape index (κ2) is 4.35. The largest absolute Gasteiger partial charge is 0.397 e. The van der Waals surface area contributed by atoms with Gasteiger partial charge < -0.3 is 16.0 Å². The fourth-order valence-electron chi connectivity index (χ4n) is 2.37. The van der Waals surface area contributed by atoms with E-state index in [0.717, 1.165) is 27.2 Å². The molecule has 0 aliphatic heterocycles. The second-order valence-corrected chi connectivity index (χ2v) is 5.70. The van der Waals surface area contributed by atoms with E-state index in [1.165, 1.54) is 11.3 Å². The smallest absolute Gasteiger partial charge is 0.260 e. The molecule has 0 bridgehead atoms. The SMILES string of the molecule is Cc1cc(-c2cccn2C)c2c(N)c(C(N)=O)sc2n1. The molecule has 0 atom stereocenters. The third kappa shape index (κ3) is 1.77. The fraction of sp³-hybridized carbons (Fsp3) is 0.143. The number of hydrogen-bond acceptors (Lipinski definition) is 4. The van der Waals surface area contributed by atoms with Crippen LogP contribution < -0.4 is 11.5 Å². The maximum Gasteiger partial charge on any atom is 0.260 e. The average molecular weight is 286 g/mol. The van der Waals surface area contributed by atoms with Crippen LogP contribution in [0.5, 0.6) is 0 Å². The first-order valence-electron chi connectivity index (χ1n) is 6.10. The van der Waals surface area contributed by atoms with Crippen molar-refractivity contribution in [2.45, 2.75) is 6.92 Å². The lowest BCUT2D eigenvalue weighted by molar-refractivity contribution is 0.100. The van der Waals surface area contributed by atoms with Gasteiger partial charge in [0, 0.05) is 35.6 Å². The van der Waals surface area contributed by atoms with E-state index in [1.54, 1.807) is 0 Å². The molecule has 6 heteroatoms. The van der Waals surface area contributed by atoms with Gasteiger partial charge in [-0.1, -0.05) is 0 Å². The van der Waals surface area contributed by atoms with Gasteiger partial charge >= 0.3 is 0 Å². The molecule has 3 aromatic heterocycles. The van der Waals surface area contributed by atoms with Crippen LogP contribution in [0.1, 0.15) is 15.4 Å². The van der Waals surface area contributed by atoms with Crippen LogP contribution in [0.2, 0.25) is 0 Å². The molecule has 0 radical (unpaired) electrons. The Bertz CT molecular complexity index is 831. The van der Waals surface area contributed by atoms with Crippen molar-refractivity contribution in [3.8, 4) is 11.3 Å². The molecule has 4 N–H and O–H groups in total. The lowest BCUT2D eigenvalue weighted by atomic mass is 10.1. The number of nitrogen functional groups attached to an aromatic ring is 1. The van der Waals surface area contributed by atoms with Crippen molar-refractivity contribution in [1.29, 1.82) is 0 Å². The molecule has 102 valence electrons. The third-order valence-electron chi connectivity index (χ3n) is 3.27. The number of fused-ring (bicyclic) bond motifs is 1. The summed E-state index contributed by atoms with van der Waals surface area (Å²) in [5.74, 6) is -0.513. The number of hydrogen-bond donors (Lipinski definition) is 2. The summed E-state index contributed by atoms with van der Waals surface area (Å²) in [4.78, 5) is 17.0. The van der Waals surface area contributed by atoms with Crippen LogP contribution in [-0.4, -0.2) is 15.5 Å². The first kappa shape index (κ1) is 12.7. The number of anilines is 1. The quantitative estimate of drug-likeness (QED) is 0.757. The molecule has 0 saturated heterocycles. The summed E-state index contributed by atoms with van der Waals surface area (Å²) in [7, 11) is 1.97. The van der Waals surface area contributed by atoms with Crippen molar-refractivity contribution in [2.24, 2.45) is 12.8 Å². The zero-order valence-corrected chi connectivity index (χ0v) is 12.0. The van der Waals surface area contributed by atoms with E-state index in [2.05, 4.69) is 4.98 Å². The van der Waals surface area contributed by atoms with Gasteiger partial charge in [-0.2, -0.15) is 0 Å². The molecule has 20 heavy (non-hydrogen) atoms. The topological polar surface area (TPSA) is 86.9 Å². The molecule has 3 heterocycles. The monoisotopic (exact) mass is 286 g/mol. The first-order valence-corrected chi connectivity index (χ1v) is 6.92. The van der Waals surface area contributed by atoms with Gasteiger partial charge in [-0.3, -0.25) is 4.79 Å². The molecule has 0 unspecified atom stereocenters. The van der Waals surface area contributed by atoms with Crippen molar-refractivity contribution in [2.75, 3.05) is 5.73 Å². The van der Waals surface area contributed by atoms with Crippen molar-refractivity contribution in [3.05, 3.63) is 35.0 Å². The number of primary amides is 1. The summed E-state index contributed by atoms with van der Waals surface area (Å²) < 4.78 is 2.01. The van der Waals surface area contributed by atoms with Crippen molar-refractivity contribution in [1.82, 2.24) is 9.55 Å². The Morgan fingerprint density at radius 2 is 2.20 bits per heavy atom. The highest BCUT2D eigenvalue weighted by molar-refractivity contribution is 7.21. The predicted octanol–water partition coefficient (Wildman–Crippen LogP) is 2.29. The van der Waals surface area contributed by atoms with Gasteiger partial charge in [0.1, 0.15) is 9.71 Å². The molecule has 3 rings (SSSR count). The minimum Gasteiger partial charge on any atom is -0.397 e. The molecule has 0 fully saturated rings. The Morgan fingerprint density at radius 3 is 2.80 bits per heavy atom. The minimum absolute atomic E-state index is 0.369. The number of rotatable bonds is 2. The van der Waals surface area contributed by atoms with Gasteiger partial charge in [0.2, 0.25) is 0 Å². The zero-order chi connectivity index (χ0) is 14.4. The molecule has 5 nitrogen and oxygen atoms in total. The molecule has 1 amide bonds. The summed E-state index contributed by atoms with van der Waals surface area (Å²) in [5.41, 5.74) is 14.8. The standard InChI is InChI=1S/C14H14N4OS/c1-7-6-8(9-4-3-5-18(9)2)10-11(15)12(13(16)19)20-14(10)17-7/h3-6H,15H2,1-2H3,(H2,16,19). The van der Waals surface area contributed by atoms with Gasteiger partial charge in [-0.15, -0.1) is 11.3 Å². The molecule has 0 saturated carbocycles. The number of nitrogens with zero attached hydrogens (tertiary/aromatic N) is 2. The number of carbonyl (C=O) groups is 1. The Morgan fingerprint density at radius 1 is 1.45 bits per heavy atom. The average Bonchev–Trinajstić information content (AvgIpc) is 2.93. The second-order valence-electron chi connectivity index (χ2n) is 4.70. The van der Waals surface area contributed by atoms with Crippen molar-refractivity contribution >= 4 is 33.1 Å². The third-order valence-corrected chi connectivity index (χ3v) is 4.38. The highest BCUT2D eigenvalue weighted by Crippen LogP contribution is 2.39. The highest BCUT2D eigenvalue weighted by atomic mass is 32.1. The Hall–Kier alpha value is -2.34. The molecular weight excluding hydrogens is 272 g/mol. The molecule has 0 aliphatic rings. The fourth-order valence-corrected chi connectivity index (χ4v) is 3.39. The minimum atomic E-state index is -0.513. The van der Waals surface area contributed by atoms with Gasteiger partial charge in [0.05, 0.1) is 5.69 Å². The van der Waals surface area contributed by atoms with E-state index in [-0.39, 0.29) is 0 Å². The van der Waals surface area contributed by atoms with Crippen LogP contribution in [0.4, 0.5) is 5.69 Å². The summed E-state index contributed by atoms with van der Waals surface area (Å²) >= 11 is 1.24. The summed E-state index contributed by atoms with van der Waals surface area (Å²) in [6.45, 7) is 1.92. The summed E-state index contributed by atoms with van der Waals surface area (Å²) in [5, 5.41) is 0.802. The van der Waals surface area contributed by atoms with Gasteiger partial charge in [0.15, 0.2) is 0 Å². The zero-order valence-electron chi connectivity index (χ0n) is 11.2. The maximum atomic E-state index is 11.5. The molecule has 3 aromatic rings. The number of thiophene rings is 1. The first-order chi connectivity index (χ1) is 9.49. The molecular formula is C14H14N4OS. The van der Waals surface area contributed by atoms with Crippen molar-refractivity contribution < 1.29 is 4.79 Å². The van der Waals surface area contributed by atoms with E-state index < -0.39 is 5.91 Å². The van der Waals surface area contributed by atoms with Gasteiger partial charge in [-0.25, -0.2) is 4.98 Å². The normalized spacial score (nSPS) is 11.1. The molecule has 0 spiro atoms. The maximum absolute atomic E-state index is 11.5. The van der Waals surface area contributed by atoms with Crippen LogP contribution >= 0.6 is 11.3 Å². The Balaban J connectivity index is 2.43. The van der Waals surface area contributed by atoms with Crippen LogP contribution in [0, 0.1) is 6.92 Å². The van der Waals surface area contributed by atoms with E-state index in [0.29, 0.717) is 10.6 Å². The number of amides is 1. The van der Waals surface area contributed by atoms with Crippen LogP contribution in [-0.2, 0) is 7.05 Å². The van der Waals surface area contributed by atoms with Crippen LogP contribution in [0.25, 0.3) is 21.5 Å². The molecule has 0 aliphatic carbocycles. The van der Waals surface area contributed by atoms with Crippen LogP contribution in [0.15, 0.2) is 24.4 Å². The molecule has 0 aromatic carbocycles. The van der Waals surface area contributed by atoms with Crippen molar-refractivity contribution in [3.63, 3.8) is 0 Å². The van der Waals surface area contributed by atoms with Crippen LogP contribution in [0.3, 0.4) is 0 Å². The van der Waals surface area contributed by atoms with Gasteiger partial charge in [0.25, 0.3) is 5.91 Å². The van der Waals surface area contributed by atoms with Gasteiger partial charge in [-0.05, 0) is 25.1 Å². The lowest BCUT2D eigenvalue weighted by Gasteiger charge is -2.07. The van der Waals surface area contributed by atoms with E-state index in [1.807, 2.05) is 42.9 Å². The van der Waals surface area contributed by atoms with E-state index in [9.17, 15) is 4.79 Å². The highest BCUT2D eigenvalue weighted by Gasteiger charge is 2.19. The lowest BCUT2D eigenvalue weighted by Crippen LogP contribution is -2.10. The Labute approximate surface area is 119 Å². The number of aryl methyl sites for hydroxylation is 2. The number of nitrogens with two attached hydrogens (primary N) is 2. The Kier molecular flexibility index (Phi) is 2.76. The predicted molar refractivity (Wildman–Crippen MR) is 81.7 cm³/mol. The van der Waals surface area contributed by atoms with E-state index in [4.69, 9.17) is 11.5 Å². The number of carbonyl (C=O) groups excluding carboxylic acids is 1. The number of pyridine rings is 1.